The van der Waals surface area contributed by atoms with Crippen LogP contribution in [0.25, 0.3) is 0 Å². The maximum atomic E-state index is 12.6. The molecule has 1 aliphatic heterocycles. The van der Waals surface area contributed by atoms with Gasteiger partial charge in [0.15, 0.2) is 5.79 Å². The Balaban J connectivity index is 0.00000106. The van der Waals surface area contributed by atoms with E-state index in [1.54, 1.807) is 0 Å². The van der Waals surface area contributed by atoms with E-state index in [2.05, 4.69) is 26.8 Å². The Bertz CT molecular complexity index is 687. The predicted molar refractivity (Wildman–Crippen MR) is 118 cm³/mol. The zero-order valence-electron chi connectivity index (χ0n) is 19.7. The number of hydrogen-bond acceptors (Lipinski definition) is 4. The molecule has 5 rings (SSSR count). The molecule has 1 heterocycles. The average molecular weight is 419 g/mol. The van der Waals surface area contributed by atoms with Crippen LogP contribution >= 0.6 is 0 Å². The molecule has 1 spiro atoms. The van der Waals surface area contributed by atoms with Crippen LogP contribution in [0.3, 0.4) is 0 Å². The summed E-state index contributed by atoms with van der Waals surface area (Å²) in [5.41, 5.74) is 1.15. The molecule has 4 nitrogen and oxygen atoms in total. The monoisotopic (exact) mass is 418 g/mol. The summed E-state index contributed by atoms with van der Waals surface area (Å²) in [6, 6.07) is 0. The van der Waals surface area contributed by atoms with Crippen molar-refractivity contribution in [1.29, 1.82) is 0 Å². The fourth-order valence-corrected chi connectivity index (χ4v) is 7.39. The van der Waals surface area contributed by atoms with Gasteiger partial charge in [0.1, 0.15) is 6.29 Å². The molecule has 0 aromatic rings. The molecule has 0 bridgehead atoms. The first-order chi connectivity index (χ1) is 14.2. The highest BCUT2D eigenvalue weighted by atomic mass is 16.7. The molecule has 5 aliphatic rings. The third-order valence-electron chi connectivity index (χ3n) is 9.24. The van der Waals surface area contributed by atoms with Crippen molar-refractivity contribution in [3.63, 3.8) is 0 Å². The lowest BCUT2D eigenvalue weighted by atomic mass is 9.48. The summed E-state index contributed by atoms with van der Waals surface area (Å²) in [6.45, 7) is 12.1. The quantitative estimate of drug-likeness (QED) is 0.465. The van der Waals surface area contributed by atoms with Crippen molar-refractivity contribution in [2.75, 3.05) is 13.2 Å². The van der Waals surface area contributed by atoms with Crippen LogP contribution in [0.5, 0.6) is 0 Å². The number of carbonyl (C=O) groups excluding carboxylic acids is 1. The van der Waals surface area contributed by atoms with E-state index >= 15 is 0 Å². The van der Waals surface area contributed by atoms with Gasteiger partial charge in [-0.15, -0.1) is 0 Å². The maximum Gasteiger partial charge on any atom is 0.168 e. The highest BCUT2D eigenvalue weighted by Gasteiger charge is 2.61. The number of aliphatic hydroxyl groups is 1. The summed E-state index contributed by atoms with van der Waals surface area (Å²) >= 11 is 0. The van der Waals surface area contributed by atoms with Gasteiger partial charge in [-0.25, -0.2) is 0 Å². The summed E-state index contributed by atoms with van der Waals surface area (Å²) in [7, 11) is 0. The second kappa shape index (κ2) is 7.71. The Morgan fingerprint density at radius 1 is 1.03 bits per heavy atom. The van der Waals surface area contributed by atoms with E-state index < -0.39 is 5.79 Å². The van der Waals surface area contributed by atoms with Crippen molar-refractivity contribution in [2.24, 2.45) is 34.0 Å². The number of rotatable bonds is 1. The second-order valence-electron chi connectivity index (χ2n) is 11.5. The Labute approximate surface area is 182 Å². The molecule has 0 aromatic carbocycles. The van der Waals surface area contributed by atoms with Gasteiger partial charge in [0.2, 0.25) is 0 Å². The van der Waals surface area contributed by atoms with Crippen LogP contribution in [0.2, 0.25) is 0 Å². The minimum Gasteiger partial charge on any atom is -0.393 e. The van der Waals surface area contributed by atoms with E-state index in [9.17, 15) is 9.90 Å². The van der Waals surface area contributed by atoms with Gasteiger partial charge in [0.05, 0.1) is 24.7 Å². The number of ether oxygens (including phenoxy) is 2. The molecule has 170 valence electrons. The Morgan fingerprint density at radius 3 is 2.40 bits per heavy atom. The minimum atomic E-state index is -0.479. The topological polar surface area (TPSA) is 55.8 Å². The van der Waals surface area contributed by atoms with Crippen LogP contribution in [0.4, 0.5) is 0 Å². The third kappa shape index (κ3) is 3.24. The molecule has 30 heavy (non-hydrogen) atoms. The van der Waals surface area contributed by atoms with E-state index in [4.69, 9.17) is 9.47 Å². The smallest absolute Gasteiger partial charge is 0.168 e. The Kier molecular flexibility index (Phi) is 5.77. The number of hydrogen-bond donors (Lipinski definition) is 1. The molecule has 3 saturated carbocycles. The molecule has 4 heteroatoms. The molecule has 0 aromatic heterocycles. The SMILES string of the molecule is CC.CC1(C)COC2(CCC3(C=O)C4=CCC5(C)C(O)CCC5C4CCC3C2)OC1. The highest BCUT2D eigenvalue weighted by molar-refractivity contribution is 5.67. The van der Waals surface area contributed by atoms with Gasteiger partial charge >= 0.3 is 0 Å². The molecule has 1 saturated heterocycles. The molecule has 0 amide bonds. The van der Waals surface area contributed by atoms with Crippen LogP contribution in [0.1, 0.15) is 86.0 Å². The van der Waals surface area contributed by atoms with Crippen LogP contribution in [-0.4, -0.2) is 36.5 Å². The number of aliphatic hydroxyl groups excluding tert-OH is 1. The molecular formula is C26H42O4. The lowest BCUT2D eigenvalue weighted by Crippen LogP contribution is -2.57. The molecule has 4 fully saturated rings. The standard InChI is InChI=1S/C24H36O4.C2H6/c1-21(2)14-27-24(28-15-21)11-10-23(13-25)16(12-24)4-5-17-18-6-7-20(26)22(18,3)9-8-19(17)23;1-2/h8,13,16-18,20,26H,4-7,9-12,14-15H2,1-3H3;1-2H3. The molecule has 0 radical (unpaired) electrons. The molecule has 4 aliphatic carbocycles. The van der Waals surface area contributed by atoms with Crippen molar-refractivity contribution in [3.8, 4) is 0 Å². The molecular weight excluding hydrogens is 376 g/mol. The Hall–Kier alpha value is -0.710. The molecule has 6 unspecified atom stereocenters. The first-order valence-corrected chi connectivity index (χ1v) is 12.4. The van der Waals surface area contributed by atoms with Crippen molar-refractivity contribution < 1.29 is 19.4 Å². The van der Waals surface area contributed by atoms with Gasteiger partial charge in [-0.2, -0.15) is 0 Å². The fourth-order valence-electron chi connectivity index (χ4n) is 7.39. The largest absolute Gasteiger partial charge is 0.393 e. The van der Waals surface area contributed by atoms with Gasteiger partial charge in [-0.3, -0.25) is 0 Å². The highest BCUT2D eigenvalue weighted by Crippen LogP contribution is 2.65. The first kappa shape index (κ1) is 22.5. The van der Waals surface area contributed by atoms with E-state index in [0.717, 1.165) is 64.6 Å². The molecule has 1 N–H and O–H groups in total. The van der Waals surface area contributed by atoms with E-state index in [0.29, 0.717) is 17.8 Å². The van der Waals surface area contributed by atoms with Crippen molar-refractivity contribution >= 4 is 6.29 Å². The number of allylic oxidation sites excluding steroid dienone is 2. The lowest BCUT2D eigenvalue weighted by molar-refractivity contribution is -0.322. The fraction of sp³-hybridized carbons (Fsp3) is 0.885. The minimum absolute atomic E-state index is 0.00212. The third-order valence-corrected chi connectivity index (χ3v) is 9.24. The Morgan fingerprint density at radius 2 is 1.73 bits per heavy atom. The van der Waals surface area contributed by atoms with Crippen molar-refractivity contribution in [3.05, 3.63) is 11.6 Å². The summed E-state index contributed by atoms with van der Waals surface area (Å²) in [5, 5.41) is 10.6. The number of carbonyl (C=O) groups is 1. The van der Waals surface area contributed by atoms with Gasteiger partial charge in [0, 0.05) is 23.7 Å². The molecule has 6 atom stereocenters. The summed E-state index contributed by atoms with van der Waals surface area (Å²) in [6.07, 6.45) is 11.1. The lowest BCUT2D eigenvalue weighted by Gasteiger charge is -2.58. The maximum absolute atomic E-state index is 12.6. The van der Waals surface area contributed by atoms with Gasteiger partial charge in [-0.05, 0) is 56.3 Å². The van der Waals surface area contributed by atoms with Crippen molar-refractivity contribution in [2.45, 2.75) is 97.9 Å². The van der Waals surface area contributed by atoms with Gasteiger partial charge in [0.25, 0.3) is 0 Å². The van der Waals surface area contributed by atoms with Crippen LogP contribution in [0.15, 0.2) is 11.6 Å². The average Bonchev–Trinajstić information content (AvgIpc) is 3.06. The predicted octanol–water partition coefficient (Wildman–Crippen LogP) is 5.28. The van der Waals surface area contributed by atoms with Crippen molar-refractivity contribution in [1.82, 2.24) is 0 Å². The van der Waals surface area contributed by atoms with Crippen LogP contribution in [-0.2, 0) is 14.3 Å². The summed E-state index contributed by atoms with van der Waals surface area (Å²) in [5.74, 6) is 0.836. The van der Waals surface area contributed by atoms with Gasteiger partial charge in [-0.1, -0.05) is 46.3 Å². The summed E-state index contributed by atoms with van der Waals surface area (Å²) < 4.78 is 12.6. The van der Waals surface area contributed by atoms with Crippen LogP contribution in [0, 0.1) is 34.0 Å². The van der Waals surface area contributed by atoms with E-state index in [1.165, 1.54) is 11.9 Å². The number of fused-ring (bicyclic) bond motifs is 5. The first-order valence-electron chi connectivity index (χ1n) is 12.4. The number of aldehydes is 1. The normalized spacial score (nSPS) is 45.9. The van der Waals surface area contributed by atoms with E-state index in [-0.39, 0.29) is 22.3 Å². The zero-order valence-corrected chi connectivity index (χ0v) is 19.7. The van der Waals surface area contributed by atoms with E-state index in [1.807, 2.05) is 13.8 Å². The second-order valence-corrected chi connectivity index (χ2v) is 11.5. The zero-order chi connectivity index (χ0) is 21.8. The van der Waals surface area contributed by atoms with Gasteiger partial charge < -0.3 is 19.4 Å². The van der Waals surface area contributed by atoms with Crippen LogP contribution < -0.4 is 0 Å². The summed E-state index contributed by atoms with van der Waals surface area (Å²) in [4.78, 5) is 12.6.